The first-order chi connectivity index (χ1) is 11.6. The van der Waals surface area contributed by atoms with Crippen molar-refractivity contribution in [3.05, 3.63) is 65.5 Å². The number of aliphatic hydroxyl groups excluding tert-OH is 1. The zero-order valence-corrected chi connectivity index (χ0v) is 17.3. The molecule has 0 aliphatic heterocycles. The van der Waals surface area contributed by atoms with Crippen LogP contribution in [-0.2, 0) is 6.54 Å². The van der Waals surface area contributed by atoms with Crippen molar-refractivity contribution in [3.8, 4) is 0 Å². The number of rotatable bonds is 6. The van der Waals surface area contributed by atoms with Crippen LogP contribution < -0.4 is 5.32 Å². The number of benzene rings is 1. The Balaban J connectivity index is 0.00000312. The molecule has 1 heterocycles. The molecule has 2 N–H and O–H groups in total. The molecule has 5 nitrogen and oxygen atoms in total. The summed E-state index contributed by atoms with van der Waals surface area (Å²) in [5, 5.41) is 13.5. The molecule has 0 aliphatic rings. The Morgan fingerprint density at radius 1 is 1.20 bits per heavy atom. The monoisotopic (exact) mass is 454 g/mol. The van der Waals surface area contributed by atoms with Gasteiger partial charge in [0, 0.05) is 32.5 Å². The first kappa shape index (κ1) is 21.4. The first-order valence-corrected chi connectivity index (χ1v) is 8.23. The lowest BCUT2D eigenvalue weighted by Gasteiger charge is -2.22. The van der Waals surface area contributed by atoms with Crippen molar-refractivity contribution in [2.75, 3.05) is 20.1 Å². The molecule has 2 rings (SSSR count). The van der Waals surface area contributed by atoms with Crippen molar-refractivity contribution >= 4 is 29.9 Å². The summed E-state index contributed by atoms with van der Waals surface area (Å²) in [5.41, 5.74) is 3.30. The van der Waals surface area contributed by atoms with Gasteiger partial charge in [0.15, 0.2) is 5.96 Å². The lowest BCUT2D eigenvalue weighted by molar-refractivity contribution is 0.186. The fourth-order valence-corrected chi connectivity index (χ4v) is 2.38. The average molecular weight is 454 g/mol. The van der Waals surface area contributed by atoms with E-state index in [0.29, 0.717) is 6.54 Å². The summed E-state index contributed by atoms with van der Waals surface area (Å²) in [6, 6.07) is 12.1. The highest BCUT2D eigenvalue weighted by atomic mass is 127. The van der Waals surface area contributed by atoms with Crippen molar-refractivity contribution in [1.82, 2.24) is 15.2 Å². The third kappa shape index (κ3) is 6.99. The number of nitrogens with one attached hydrogen (secondary N) is 1. The fraction of sp³-hybridized carbons (Fsp3) is 0.368. The highest BCUT2D eigenvalue weighted by Crippen LogP contribution is 2.12. The average Bonchev–Trinajstić information content (AvgIpc) is 2.61. The zero-order valence-electron chi connectivity index (χ0n) is 15.0. The second-order valence-electron chi connectivity index (χ2n) is 5.83. The molecule has 1 aromatic carbocycles. The molecule has 25 heavy (non-hydrogen) atoms. The summed E-state index contributed by atoms with van der Waals surface area (Å²) >= 11 is 0. The molecule has 0 aliphatic carbocycles. The van der Waals surface area contributed by atoms with Crippen molar-refractivity contribution in [3.63, 3.8) is 0 Å². The predicted octanol–water partition coefficient (Wildman–Crippen LogP) is 3.14. The summed E-state index contributed by atoms with van der Waals surface area (Å²) < 4.78 is 0. The third-order valence-corrected chi connectivity index (χ3v) is 3.74. The van der Waals surface area contributed by atoms with Gasteiger partial charge in [-0.25, -0.2) is 0 Å². The van der Waals surface area contributed by atoms with E-state index < -0.39 is 6.10 Å². The number of aliphatic imine (C=N–C) groups is 1. The molecule has 0 spiro atoms. The normalized spacial score (nSPS) is 12.2. The minimum atomic E-state index is -0.630. The van der Waals surface area contributed by atoms with E-state index in [2.05, 4.69) is 51.4 Å². The minimum absolute atomic E-state index is 0. The lowest BCUT2D eigenvalue weighted by atomic mass is 10.1. The number of hydrogen-bond acceptors (Lipinski definition) is 3. The van der Waals surface area contributed by atoms with Crippen molar-refractivity contribution < 1.29 is 5.11 Å². The lowest BCUT2D eigenvalue weighted by Crippen LogP contribution is -2.38. The molecule has 0 saturated carbocycles. The Hall–Kier alpha value is -1.67. The summed E-state index contributed by atoms with van der Waals surface area (Å²) in [5.74, 6) is 0.784. The topological polar surface area (TPSA) is 60.8 Å². The molecule has 1 aromatic heterocycles. The maximum Gasteiger partial charge on any atom is 0.194 e. The molecule has 0 saturated heterocycles. The van der Waals surface area contributed by atoms with Crippen LogP contribution in [0.1, 0.15) is 29.7 Å². The molecular formula is C19H27IN4O. The zero-order chi connectivity index (χ0) is 17.4. The van der Waals surface area contributed by atoms with E-state index in [4.69, 9.17) is 0 Å². The number of aromatic nitrogens is 1. The van der Waals surface area contributed by atoms with Crippen LogP contribution in [0, 0.1) is 6.92 Å². The van der Waals surface area contributed by atoms with Crippen LogP contribution >= 0.6 is 24.0 Å². The molecular weight excluding hydrogens is 427 g/mol. The van der Waals surface area contributed by atoms with Crippen LogP contribution in [0.15, 0.2) is 53.8 Å². The smallest absolute Gasteiger partial charge is 0.194 e. The fourth-order valence-electron chi connectivity index (χ4n) is 2.38. The highest BCUT2D eigenvalue weighted by molar-refractivity contribution is 14.0. The Morgan fingerprint density at radius 2 is 1.84 bits per heavy atom. The van der Waals surface area contributed by atoms with E-state index in [1.807, 2.05) is 26.1 Å². The van der Waals surface area contributed by atoms with Gasteiger partial charge in [0.05, 0.1) is 12.6 Å². The Morgan fingerprint density at radius 3 is 2.44 bits per heavy atom. The Kier molecular flexibility index (Phi) is 9.44. The van der Waals surface area contributed by atoms with Gasteiger partial charge in [0.25, 0.3) is 0 Å². The number of aryl methyl sites for hydroxylation is 1. The van der Waals surface area contributed by atoms with Gasteiger partial charge in [-0.1, -0.05) is 29.8 Å². The van der Waals surface area contributed by atoms with Crippen LogP contribution in [-0.4, -0.2) is 41.1 Å². The number of hydrogen-bond donors (Lipinski definition) is 2. The molecule has 2 aromatic rings. The second-order valence-corrected chi connectivity index (χ2v) is 5.83. The van der Waals surface area contributed by atoms with Gasteiger partial charge in [-0.2, -0.15) is 0 Å². The van der Waals surface area contributed by atoms with Crippen LogP contribution in [0.25, 0.3) is 0 Å². The van der Waals surface area contributed by atoms with Crippen molar-refractivity contribution in [2.24, 2.45) is 4.99 Å². The number of pyridine rings is 1. The molecule has 1 atom stereocenters. The molecule has 136 valence electrons. The van der Waals surface area contributed by atoms with Crippen LogP contribution in [0.2, 0.25) is 0 Å². The largest absolute Gasteiger partial charge is 0.386 e. The van der Waals surface area contributed by atoms with E-state index >= 15 is 0 Å². The van der Waals surface area contributed by atoms with E-state index in [0.717, 1.165) is 24.6 Å². The van der Waals surface area contributed by atoms with Gasteiger partial charge in [-0.05, 0) is 37.1 Å². The Labute approximate surface area is 167 Å². The van der Waals surface area contributed by atoms with Crippen LogP contribution in [0.4, 0.5) is 0 Å². The van der Waals surface area contributed by atoms with E-state index in [9.17, 15) is 5.11 Å². The molecule has 0 amide bonds. The number of guanidine groups is 1. The van der Waals surface area contributed by atoms with Gasteiger partial charge in [-0.3, -0.25) is 9.98 Å². The van der Waals surface area contributed by atoms with E-state index in [1.165, 1.54) is 11.1 Å². The van der Waals surface area contributed by atoms with Crippen molar-refractivity contribution in [2.45, 2.75) is 26.5 Å². The number of nitrogens with zero attached hydrogens (tertiary/aromatic N) is 3. The van der Waals surface area contributed by atoms with E-state index in [-0.39, 0.29) is 24.0 Å². The maximum atomic E-state index is 10.3. The summed E-state index contributed by atoms with van der Waals surface area (Å²) in [6.45, 7) is 5.97. The predicted molar refractivity (Wildman–Crippen MR) is 113 cm³/mol. The van der Waals surface area contributed by atoms with Gasteiger partial charge < -0.3 is 15.3 Å². The standard InChI is InChI=1S/C19H26N4O.HI/c1-4-21-19(22-13-18(24)17-9-11-20-12-10-17)23(3)14-16-7-5-15(2)6-8-16;/h5-12,18,24H,4,13-14H2,1-3H3,(H,21,22);1H. The first-order valence-electron chi connectivity index (χ1n) is 8.23. The molecule has 1 unspecified atom stereocenters. The summed E-state index contributed by atoms with van der Waals surface area (Å²) in [4.78, 5) is 10.6. The minimum Gasteiger partial charge on any atom is -0.386 e. The summed E-state index contributed by atoms with van der Waals surface area (Å²) in [7, 11) is 2.00. The van der Waals surface area contributed by atoms with E-state index in [1.54, 1.807) is 12.4 Å². The number of aliphatic hydroxyl groups is 1. The number of halogens is 1. The quantitative estimate of drug-likeness (QED) is 0.400. The second kappa shape index (κ2) is 11.0. The van der Waals surface area contributed by atoms with Gasteiger partial charge in [0.1, 0.15) is 0 Å². The third-order valence-electron chi connectivity index (χ3n) is 3.74. The van der Waals surface area contributed by atoms with Gasteiger partial charge >= 0.3 is 0 Å². The molecule has 0 radical (unpaired) electrons. The molecule has 0 fully saturated rings. The van der Waals surface area contributed by atoms with Crippen molar-refractivity contribution in [1.29, 1.82) is 0 Å². The SMILES string of the molecule is CCNC(=NCC(O)c1ccncc1)N(C)Cc1ccc(C)cc1.I. The highest BCUT2D eigenvalue weighted by Gasteiger charge is 2.10. The molecule has 6 heteroatoms. The maximum absolute atomic E-state index is 10.3. The van der Waals surface area contributed by atoms with Gasteiger partial charge in [0.2, 0.25) is 0 Å². The summed E-state index contributed by atoms with van der Waals surface area (Å²) in [6.07, 6.45) is 2.72. The van der Waals surface area contributed by atoms with Gasteiger partial charge in [-0.15, -0.1) is 24.0 Å². The molecule has 0 bridgehead atoms. The van der Waals surface area contributed by atoms with Crippen LogP contribution in [0.5, 0.6) is 0 Å². The Bertz CT molecular complexity index is 646. The van der Waals surface area contributed by atoms with Crippen LogP contribution in [0.3, 0.4) is 0 Å².